The Bertz CT molecular complexity index is 925. The molecule has 0 heterocycles. The molecule has 0 unspecified atom stereocenters. The van der Waals surface area contributed by atoms with Crippen molar-refractivity contribution in [3.8, 4) is 5.75 Å². The second kappa shape index (κ2) is 9.11. The van der Waals surface area contributed by atoms with E-state index in [-0.39, 0.29) is 12.8 Å². The lowest BCUT2D eigenvalue weighted by molar-refractivity contribution is -0.0507. The summed E-state index contributed by atoms with van der Waals surface area (Å²) in [6.45, 7) is 0.205. The summed E-state index contributed by atoms with van der Waals surface area (Å²) in [7, 11) is 1.60. The number of allylic oxidation sites excluding steroid dienone is 1. The molecule has 0 aliphatic heterocycles. The van der Waals surface area contributed by atoms with Crippen LogP contribution in [0.1, 0.15) is 60.9 Å². The normalized spacial score (nSPS) is 28.5. The average molecular weight is 433 g/mol. The lowest BCUT2D eigenvalue weighted by atomic mass is 9.49. The van der Waals surface area contributed by atoms with Crippen LogP contribution >= 0.6 is 0 Å². The molecule has 4 saturated carbocycles. The Hall–Kier alpha value is -2.59. The highest BCUT2D eigenvalue weighted by molar-refractivity contribution is 5.93. The van der Waals surface area contributed by atoms with Gasteiger partial charge in [-0.15, -0.1) is 0 Å². The zero-order chi connectivity index (χ0) is 22.0. The lowest BCUT2D eigenvalue weighted by Gasteiger charge is -2.56. The summed E-state index contributed by atoms with van der Waals surface area (Å²) >= 11 is 0. The van der Waals surface area contributed by atoms with Crippen LogP contribution < -0.4 is 4.74 Å². The molecule has 0 saturated heterocycles. The van der Waals surface area contributed by atoms with Crippen LogP contribution in [0.15, 0.2) is 60.7 Å². The highest BCUT2D eigenvalue weighted by Crippen LogP contribution is 2.61. The van der Waals surface area contributed by atoms with Crippen LogP contribution in [0.25, 0.3) is 5.76 Å². The molecule has 6 rings (SSSR count). The summed E-state index contributed by atoms with van der Waals surface area (Å²) < 4.78 is 16.5. The first-order valence-electron chi connectivity index (χ1n) is 11.8. The van der Waals surface area contributed by atoms with Crippen molar-refractivity contribution >= 4 is 11.7 Å². The van der Waals surface area contributed by atoms with Crippen molar-refractivity contribution in [1.29, 1.82) is 0 Å². The van der Waals surface area contributed by atoms with Crippen molar-refractivity contribution in [3.63, 3.8) is 0 Å². The minimum absolute atomic E-state index is 0.205. The summed E-state index contributed by atoms with van der Waals surface area (Å²) in [6, 6.07) is 16.9. The molecule has 0 radical (unpaired) electrons. The Balaban J connectivity index is 1.38. The molecule has 0 N–H and O–H groups in total. The van der Waals surface area contributed by atoms with E-state index in [1.807, 2.05) is 42.5 Å². The second-order valence-electron chi connectivity index (χ2n) is 10.0. The van der Waals surface area contributed by atoms with Crippen LogP contribution in [0.2, 0.25) is 0 Å². The Labute approximate surface area is 190 Å². The standard InChI is InChI=1S/C28H32O4/c1-30-19-31-25-9-7-23(8-10-25)26(32-27(29)24-5-3-2-4-6-24)11-12-28-16-20-13-21(17-28)15-22(14-20)18-28/h2-11,20-22H,12-19H2,1H3. The maximum Gasteiger partial charge on any atom is 0.343 e. The smallest absolute Gasteiger partial charge is 0.343 e. The molecule has 4 heteroatoms. The fourth-order valence-electron chi connectivity index (χ4n) is 6.64. The van der Waals surface area contributed by atoms with Crippen molar-refractivity contribution in [2.75, 3.05) is 13.9 Å². The highest BCUT2D eigenvalue weighted by atomic mass is 16.7. The van der Waals surface area contributed by atoms with Crippen LogP contribution in [0.5, 0.6) is 5.75 Å². The van der Waals surface area contributed by atoms with Gasteiger partial charge >= 0.3 is 5.97 Å². The number of carbonyl (C=O) groups is 1. The van der Waals surface area contributed by atoms with E-state index in [2.05, 4.69) is 6.08 Å². The van der Waals surface area contributed by atoms with Gasteiger partial charge in [0.1, 0.15) is 11.5 Å². The summed E-state index contributed by atoms with van der Waals surface area (Å²) in [5.74, 6) is 3.77. The summed E-state index contributed by atoms with van der Waals surface area (Å²) in [6.07, 6.45) is 11.5. The van der Waals surface area contributed by atoms with Crippen LogP contribution in [-0.4, -0.2) is 19.9 Å². The number of hydrogen-bond acceptors (Lipinski definition) is 4. The molecule has 0 spiro atoms. The zero-order valence-electron chi connectivity index (χ0n) is 18.8. The van der Waals surface area contributed by atoms with Gasteiger partial charge in [-0.05, 0) is 111 Å². The molecule has 4 aliphatic rings. The largest absolute Gasteiger partial charge is 0.468 e. The van der Waals surface area contributed by atoms with E-state index in [0.717, 1.165) is 35.5 Å². The molecule has 4 fully saturated rings. The van der Waals surface area contributed by atoms with E-state index in [4.69, 9.17) is 14.2 Å². The topological polar surface area (TPSA) is 44.8 Å². The number of ether oxygens (including phenoxy) is 3. The van der Waals surface area contributed by atoms with Gasteiger partial charge in [-0.1, -0.05) is 18.2 Å². The predicted octanol–water partition coefficient (Wildman–Crippen LogP) is 6.47. The Morgan fingerprint density at radius 2 is 1.53 bits per heavy atom. The fraction of sp³-hybridized carbons (Fsp3) is 0.464. The number of benzene rings is 2. The lowest BCUT2D eigenvalue weighted by Crippen LogP contribution is -2.45. The molecule has 4 nitrogen and oxygen atoms in total. The summed E-state index contributed by atoms with van der Waals surface area (Å²) in [4.78, 5) is 12.9. The monoisotopic (exact) mass is 432 g/mol. The van der Waals surface area contributed by atoms with Gasteiger partial charge in [0.05, 0.1) is 5.56 Å². The molecule has 2 aromatic carbocycles. The highest BCUT2D eigenvalue weighted by Gasteiger charge is 2.50. The van der Waals surface area contributed by atoms with Gasteiger partial charge in [0.15, 0.2) is 6.79 Å². The van der Waals surface area contributed by atoms with Crippen molar-refractivity contribution in [2.45, 2.75) is 44.9 Å². The predicted molar refractivity (Wildman–Crippen MR) is 124 cm³/mol. The van der Waals surface area contributed by atoms with E-state index >= 15 is 0 Å². The van der Waals surface area contributed by atoms with Crippen molar-refractivity contribution in [2.24, 2.45) is 23.2 Å². The van der Waals surface area contributed by atoms with Gasteiger partial charge in [-0.3, -0.25) is 0 Å². The first kappa shape index (κ1) is 21.3. The van der Waals surface area contributed by atoms with E-state index in [1.165, 1.54) is 38.5 Å². The minimum Gasteiger partial charge on any atom is -0.468 e. The van der Waals surface area contributed by atoms with Crippen LogP contribution in [-0.2, 0) is 9.47 Å². The van der Waals surface area contributed by atoms with Gasteiger partial charge in [-0.2, -0.15) is 0 Å². The zero-order valence-corrected chi connectivity index (χ0v) is 18.8. The molecule has 4 aliphatic carbocycles. The van der Waals surface area contributed by atoms with Crippen LogP contribution in [0.4, 0.5) is 0 Å². The summed E-state index contributed by atoms with van der Waals surface area (Å²) in [5.41, 5.74) is 1.85. The van der Waals surface area contributed by atoms with Gasteiger partial charge < -0.3 is 14.2 Å². The Morgan fingerprint density at radius 3 is 2.12 bits per heavy atom. The average Bonchev–Trinajstić information content (AvgIpc) is 2.80. The SMILES string of the molecule is COCOc1ccc(C(=CCC23CC4CC(CC(C4)C2)C3)OC(=O)c2ccccc2)cc1. The third kappa shape index (κ3) is 4.61. The van der Waals surface area contributed by atoms with Gasteiger partial charge in [-0.25, -0.2) is 4.79 Å². The van der Waals surface area contributed by atoms with E-state index in [0.29, 0.717) is 16.7 Å². The van der Waals surface area contributed by atoms with E-state index in [1.54, 1.807) is 19.2 Å². The minimum atomic E-state index is -0.318. The quantitative estimate of drug-likeness (QED) is 0.272. The maximum atomic E-state index is 12.9. The van der Waals surface area contributed by atoms with Gasteiger partial charge in [0.2, 0.25) is 0 Å². The summed E-state index contributed by atoms with van der Waals surface area (Å²) in [5, 5.41) is 0. The van der Waals surface area contributed by atoms with Crippen molar-refractivity contribution < 1.29 is 19.0 Å². The molecule has 32 heavy (non-hydrogen) atoms. The van der Waals surface area contributed by atoms with Crippen LogP contribution in [0, 0.1) is 23.2 Å². The molecule has 0 aromatic heterocycles. The second-order valence-corrected chi connectivity index (χ2v) is 10.0. The molecule has 0 atom stereocenters. The molecular formula is C28H32O4. The Morgan fingerprint density at radius 1 is 0.906 bits per heavy atom. The van der Waals surface area contributed by atoms with E-state index in [9.17, 15) is 4.79 Å². The van der Waals surface area contributed by atoms with Gasteiger partial charge in [0.25, 0.3) is 0 Å². The number of carbonyl (C=O) groups excluding carboxylic acids is 1. The number of rotatable bonds is 8. The number of esters is 1. The van der Waals surface area contributed by atoms with Crippen molar-refractivity contribution in [1.82, 2.24) is 0 Å². The van der Waals surface area contributed by atoms with Gasteiger partial charge in [0, 0.05) is 12.7 Å². The van der Waals surface area contributed by atoms with Crippen molar-refractivity contribution in [3.05, 3.63) is 71.8 Å². The van der Waals surface area contributed by atoms with E-state index < -0.39 is 0 Å². The molecule has 168 valence electrons. The first-order chi connectivity index (χ1) is 15.6. The number of hydrogen-bond donors (Lipinski definition) is 0. The maximum absolute atomic E-state index is 12.9. The third-order valence-electron chi connectivity index (χ3n) is 7.58. The fourth-order valence-corrected chi connectivity index (χ4v) is 6.64. The van der Waals surface area contributed by atoms with Crippen LogP contribution in [0.3, 0.4) is 0 Å². The third-order valence-corrected chi connectivity index (χ3v) is 7.58. The molecular weight excluding hydrogens is 400 g/mol. The number of methoxy groups -OCH3 is 1. The molecule has 0 amide bonds. The molecule has 4 bridgehead atoms. The first-order valence-corrected chi connectivity index (χ1v) is 11.8. The Kier molecular flexibility index (Phi) is 6.05. The molecule has 2 aromatic rings.